The van der Waals surface area contributed by atoms with Gasteiger partial charge in [-0.15, -0.1) is 0 Å². The first-order valence-corrected chi connectivity index (χ1v) is 15.8. The maximum absolute atomic E-state index is 13.8. The molecule has 0 radical (unpaired) electrons. The van der Waals surface area contributed by atoms with E-state index in [2.05, 4.69) is 18.1 Å². The fourth-order valence-electron chi connectivity index (χ4n) is 9.03. The van der Waals surface area contributed by atoms with Gasteiger partial charge in [0, 0.05) is 11.8 Å². The highest BCUT2D eigenvalue weighted by Gasteiger charge is 2.70. The Morgan fingerprint density at radius 3 is 2.64 bits per heavy atom. The number of rotatable bonds is 6. The summed E-state index contributed by atoms with van der Waals surface area (Å²) in [6.45, 7) is 5.94. The number of fused-ring (bicyclic) bond motifs is 6. The number of benzene rings is 1. The van der Waals surface area contributed by atoms with Crippen LogP contribution in [0.4, 0.5) is 4.39 Å². The van der Waals surface area contributed by atoms with Crippen molar-refractivity contribution in [3.05, 3.63) is 53.1 Å². The van der Waals surface area contributed by atoms with E-state index in [0.29, 0.717) is 19.3 Å². The maximum Gasteiger partial charge on any atom is 0.306 e. The molecule has 4 aliphatic rings. The van der Waals surface area contributed by atoms with Gasteiger partial charge in [-0.05, 0) is 97.6 Å². The van der Waals surface area contributed by atoms with Gasteiger partial charge in [-0.2, -0.15) is 5.10 Å². The first-order chi connectivity index (χ1) is 19.9. The van der Waals surface area contributed by atoms with Crippen LogP contribution < -0.4 is 5.73 Å². The molecule has 224 valence electrons. The first kappa shape index (κ1) is 29.1. The minimum atomic E-state index is -1.41. The minimum absolute atomic E-state index is 0.0380. The molecule has 2 aromatic rings. The van der Waals surface area contributed by atoms with Crippen molar-refractivity contribution >= 4 is 34.8 Å². The lowest BCUT2D eigenvalue weighted by atomic mass is 9.45. The smallest absolute Gasteiger partial charge is 0.306 e. The number of halogens is 1. The number of aliphatic hydroxyl groups is 1. The Kier molecular flexibility index (Phi) is 7.16. The topological polar surface area (TPSA) is 125 Å². The Morgan fingerprint density at radius 1 is 1.21 bits per heavy atom. The lowest BCUT2D eigenvalue weighted by molar-refractivity contribution is -0.196. The van der Waals surface area contributed by atoms with E-state index >= 15 is 0 Å². The average Bonchev–Trinajstić information content (AvgIpc) is 3.48. The van der Waals surface area contributed by atoms with Crippen LogP contribution in [0.2, 0.25) is 0 Å². The van der Waals surface area contributed by atoms with E-state index in [0.717, 1.165) is 48.0 Å². The number of thioether (sulfide) groups is 1. The number of nitrogens with two attached hydrogens (primary N) is 1. The number of carbonyl (C=O) groups excluding carboxylic acids is 3. The fraction of sp³-hybridized carbons (Fsp3) is 0.562. The summed E-state index contributed by atoms with van der Waals surface area (Å²) >= 11 is 0.817. The van der Waals surface area contributed by atoms with Gasteiger partial charge in [-0.25, -0.2) is 9.07 Å². The Bertz CT molecular complexity index is 1470. The fourth-order valence-corrected chi connectivity index (χ4v) is 9.91. The summed E-state index contributed by atoms with van der Waals surface area (Å²) in [5.41, 5.74) is 7.01. The molecule has 1 amide bonds. The number of hydrogen-bond acceptors (Lipinski definition) is 7. The lowest BCUT2D eigenvalue weighted by Crippen LogP contribution is -2.62. The van der Waals surface area contributed by atoms with Crippen molar-refractivity contribution in [3.8, 4) is 5.69 Å². The van der Waals surface area contributed by atoms with E-state index in [4.69, 9.17) is 10.5 Å². The quantitative estimate of drug-likeness (QED) is 0.468. The van der Waals surface area contributed by atoms with E-state index in [1.807, 2.05) is 17.8 Å². The summed E-state index contributed by atoms with van der Waals surface area (Å²) in [4.78, 5) is 38.0. The number of primary amides is 1. The molecule has 1 heterocycles. The van der Waals surface area contributed by atoms with E-state index < -0.39 is 29.0 Å². The molecule has 3 fully saturated rings. The summed E-state index contributed by atoms with van der Waals surface area (Å²) in [5, 5.41) is 16.3. The number of carbonyl (C=O) groups is 3. The number of esters is 1. The zero-order valence-electron chi connectivity index (χ0n) is 24.3. The standard InChI is InChI=1S/C32H38FN3O5S/c1-4-27(39)41-32(29(40)42-17-26(34)38)12-11-23-22-10-5-19-13-24-18(16-35-36(24)21-8-6-20(33)7-9-21)14-30(19,2)28(22)25(37)15-31(23,32)3/h6-9,13,16,22-23,25,28,37H,4-5,10-12,14-15,17H2,1-3H3,(H2,34,38)/t22-,23-,25-,28+,30-,31-,32-/m0/s1. The SMILES string of the molecule is CCC(=O)O[C@]1(C(=O)SCC(N)=O)CC[C@H]2[C@@H]3CCC4=Cc5c(cnn5-c5ccc(F)cc5)C[C@]4(C)[C@H]3[C@@H](O)C[C@@]21C. The molecule has 0 spiro atoms. The molecule has 0 bridgehead atoms. The summed E-state index contributed by atoms with van der Waals surface area (Å²) in [6, 6.07) is 6.30. The lowest BCUT2D eigenvalue weighted by Gasteiger charge is -2.60. The molecule has 3 saturated carbocycles. The van der Waals surface area contributed by atoms with Crippen molar-refractivity contribution in [3.63, 3.8) is 0 Å². The van der Waals surface area contributed by atoms with E-state index in [-0.39, 0.29) is 46.3 Å². The van der Waals surface area contributed by atoms with Crippen molar-refractivity contribution in [1.82, 2.24) is 9.78 Å². The van der Waals surface area contributed by atoms with Gasteiger partial charge >= 0.3 is 5.97 Å². The first-order valence-electron chi connectivity index (χ1n) is 14.8. The van der Waals surface area contributed by atoms with Gasteiger partial charge in [0.2, 0.25) is 11.0 Å². The summed E-state index contributed by atoms with van der Waals surface area (Å²) in [6.07, 6.45) is 7.31. The third-order valence-corrected chi connectivity index (χ3v) is 11.9. The van der Waals surface area contributed by atoms with Gasteiger partial charge in [0.05, 0.1) is 29.4 Å². The Morgan fingerprint density at radius 2 is 1.95 bits per heavy atom. The predicted molar refractivity (Wildman–Crippen MR) is 157 cm³/mol. The van der Waals surface area contributed by atoms with Crippen molar-refractivity contribution < 1.29 is 28.6 Å². The number of amides is 1. The average molecular weight is 596 g/mol. The number of ether oxygens (including phenoxy) is 1. The highest BCUT2D eigenvalue weighted by Crippen LogP contribution is 2.68. The maximum atomic E-state index is 13.8. The van der Waals surface area contributed by atoms with Gasteiger partial charge in [-0.3, -0.25) is 14.4 Å². The largest absolute Gasteiger partial charge is 0.449 e. The second-order valence-corrected chi connectivity index (χ2v) is 13.9. The van der Waals surface area contributed by atoms with Crippen molar-refractivity contribution in [2.45, 2.75) is 77.4 Å². The molecule has 42 heavy (non-hydrogen) atoms. The zero-order chi connectivity index (χ0) is 30.0. The normalized spacial score (nSPS) is 34.8. The second-order valence-electron chi connectivity index (χ2n) is 13.0. The Labute approximate surface area is 249 Å². The molecule has 4 aliphatic carbocycles. The summed E-state index contributed by atoms with van der Waals surface area (Å²) in [7, 11) is 0. The molecule has 8 nitrogen and oxygen atoms in total. The second kappa shape index (κ2) is 10.3. The van der Waals surface area contributed by atoms with Crippen LogP contribution in [-0.2, 0) is 25.5 Å². The number of aliphatic hydroxyl groups excluding tert-OH is 1. The predicted octanol–water partition coefficient (Wildman–Crippen LogP) is 4.60. The number of hydrogen-bond donors (Lipinski definition) is 2. The highest BCUT2D eigenvalue weighted by atomic mass is 32.2. The van der Waals surface area contributed by atoms with Crippen LogP contribution in [0.1, 0.15) is 70.6 Å². The molecule has 3 N–H and O–H groups in total. The van der Waals surface area contributed by atoms with Crippen molar-refractivity contribution in [2.24, 2.45) is 34.3 Å². The van der Waals surface area contributed by atoms with Crippen LogP contribution in [0.3, 0.4) is 0 Å². The van der Waals surface area contributed by atoms with Crippen LogP contribution in [0.5, 0.6) is 0 Å². The van der Waals surface area contributed by atoms with E-state index in [1.165, 1.54) is 17.7 Å². The van der Waals surface area contributed by atoms with Gasteiger partial charge < -0.3 is 15.6 Å². The number of allylic oxidation sites excluding steroid dienone is 1. The van der Waals surface area contributed by atoms with Crippen LogP contribution >= 0.6 is 11.8 Å². The molecular formula is C32H38FN3O5S. The molecule has 0 unspecified atom stereocenters. The van der Waals surface area contributed by atoms with Crippen LogP contribution in [0, 0.1) is 34.4 Å². The van der Waals surface area contributed by atoms with Gasteiger partial charge in [0.15, 0.2) is 5.60 Å². The molecule has 6 rings (SSSR count). The van der Waals surface area contributed by atoms with Gasteiger partial charge in [0.25, 0.3) is 0 Å². The Hall–Kier alpha value is -2.98. The van der Waals surface area contributed by atoms with E-state index in [9.17, 15) is 23.9 Å². The molecule has 1 aromatic carbocycles. The number of nitrogens with zero attached hydrogens (tertiary/aromatic N) is 2. The number of aromatic nitrogens is 2. The molecule has 7 atom stereocenters. The monoisotopic (exact) mass is 595 g/mol. The summed E-state index contributed by atoms with van der Waals surface area (Å²) < 4.78 is 21.5. The van der Waals surface area contributed by atoms with E-state index in [1.54, 1.807) is 19.1 Å². The van der Waals surface area contributed by atoms with Crippen molar-refractivity contribution in [1.29, 1.82) is 0 Å². The highest BCUT2D eigenvalue weighted by molar-refractivity contribution is 8.14. The zero-order valence-corrected chi connectivity index (χ0v) is 25.1. The third-order valence-electron chi connectivity index (χ3n) is 10.9. The van der Waals surface area contributed by atoms with Crippen LogP contribution in [0.25, 0.3) is 11.8 Å². The van der Waals surface area contributed by atoms with Gasteiger partial charge in [0.1, 0.15) is 5.82 Å². The molecule has 0 aliphatic heterocycles. The van der Waals surface area contributed by atoms with Crippen LogP contribution in [0.15, 0.2) is 36.0 Å². The Balaban J connectivity index is 1.34. The van der Waals surface area contributed by atoms with Crippen molar-refractivity contribution in [2.75, 3.05) is 5.75 Å². The minimum Gasteiger partial charge on any atom is -0.449 e. The third kappa shape index (κ3) is 4.27. The van der Waals surface area contributed by atoms with Gasteiger partial charge in [-0.1, -0.05) is 38.1 Å². The summed E-state index contributed by atoms with van der Waals surface area (Å²) in [5.74, 6) is -1.38. The molecular weight excluding hydrogens is 557 g/mol. The molecule has 10 heteroatoms. The molecule has 0 saturated heterocycles. The van der Waals surface area contributed by atoms with Crippen LogP contribution in [-0.4, -0.2) is 49.3 Å². The molecule has 1 aromatic heterocycles.